The molecule has 4 nitrogen and oxygen atoms in total. The SMILES string of the molecule is C=CC[C@H](NC=O)C(=O)NCC. The summed E-state index contributed by atoms with van der Waals surface area (Å²) in [7, 11) is 0. The third-order valence-electron chi connectivity index (χ3n) is 1.34. The maximum absolute atomic E-state index is 11.1. The summed E-state index contributed by atoms with van der Waals surface area (Å²) in [6, 6.07) is -0.486. The molecule has 0 aliphatic heterocycles. The Kier molecular flexibility index (Phi) is 5.69. The Morgan fingerprint density at radius 1 is 1.67 bits per heavy atom. The smallest absolute Gasteiger partial charge is 0.242 e. The van der Waals surface area contributed by atoms with Crippen molar-refractivity contribution in [2.45, 2.75) is 19.4 Å². The zero-order valence-corrected chi connectivity index (χ0v) is 7.17. The Balaban J connectivity index is 3.97. The Morgan fingerprint density at radius 3 is 2.75 bits per heavy atom. The van der Waals surface area contributed by atoms with Gasteiger partial charge in [0.15, 0.2) is 0 Å². The van der Waals surface area contributed by atoms with E-state index in [1.807, 2.05) is 6.92 Å². The summed E-state index contributed by atoms with van der Waals surface area (Å²) in [5.41, 5.74) is 0. The standard InChI is InChI=1S/C8H14N2O2/c1-3-5-7(10-6-11)8(12)9-4-2/h3,6-7H,1,4-5H2,2H3,(H,9,12)(H,10,11)/t7-/m0/s1. The van der Waals surface area contributed by atoms with E-state index in [1.54, 1.807) is 6.08 Å². The van der Waals surface area contributed by atoms with Crippen LogP contribution in [-0.4, -0.2) is 24.9 Å². The van der Waals surface area contributed by atoms with Gasteiger partial charge in [0.1, 0.15) is 6.04 Å². The number of amides is 2. The second-order valence-electron chi connectivity index (χ2n) is 2.26. The molecule has 1 atom stereocenters. The van der Waals surface area contributed by atoms with Crippen molar-refractivity contribution >= 4 is 12.3 Å². The fourth-order valence-corrected chi connectivity index (χ4v) is 0.797. The maximum Gasteiger partial charge on any atom is 0.242 e. The molecule has 2 amide bonds. The summed E-state index contributed by atoms with van der Waals surface area (Å²) in [5, 5.41) is 5.01. The molecule has 0 radical (unpaired) electrons. The first-order chi connectivity index (χ1) is 5.76. The quantitative estimate of drug-likeness (QED) is 0.429. The molecule has 0 saturated carbocycles. The van der Waals surface area contributed by atoms with Crippen LogP contribution in [0.25, 0.3) is 0 Å². The molecule has 4 heteroatoms. The third-order valence-corrected chi connectivity index (χ3v) is 1.34. The molecule has 0 unspecified atom stereocenters. The zero-order valence-electron chi connectivity index (χ0n) is 7.17. The number of nitrogens with one attached hydrogen (secondary N) is 2. The van der Waals surface area contributed by atoms with Crippen LogP contribution in [0.2, 0.25) is 0 Å². The van der Waals surface area contributed by atoms with E-state index < -0.39 is 6.04 Å². The number of carbonyl (C=O) groups is 2. The van der Waals surface area contributed by atoms with Gasteiger partial charge in [0, 0.05) is 6.54 Å². The highest BCUT2D eigenvalue weighted by molar-refractivity contribution is 5.83. The minimum Gasteiger partial charge on any atom is -0.355 e. The molecule has 0 aromatic rings. The number of rotatable bonds is 6. The average molecular weight is 170 g/mol. The molecule has 0 aromatic carbocycles. The minimum atomic E-state index is -0.486. The first-order valence-corrected chi connectivity index (χ1v) is 3.84. The van der Waals surface area contributed by atoms with Crippen LogP contribution in [0.1, 0.15) is 13.3 Å². The fraction of sp³-hybridized carbons (Fsp3) is 0.500. The molecule has 0 fully saturated rings. The summed E-state index contributed by atoms with van der Waals surface area (Å²) in [4.78, 5) is 21.2. The molecule has 0 bridgehead atoms. The Bertz CT molecular complexity index is 158. The van der Waals surface area contributed by atoms with Gasteiger partial charge in [0.25, 0.3) is 0 Å². The van der Waals surface area contributed by atoms with Gasteiger partial charge >= 0.3 is 0 Å². The fourth-order valence-electron chi connectivity index (χ4n) is 0.797. The summed E-state index contributed by atoms with van der Waals surface area (Å²) in [6.45, 7) is 5.88. The molecule has 68 valence electrons. The van der Waals surface area contributed by atoms with Crippen molar-refractivity contribution in [3.8, 4) is 0 Å². The minimum absolute atomic E-state index is 0.176. The summed E-state index contributed by atoms with van der Waals surface area (Å²) >= 11 is 0. The molecule has 0 rings (SSSR count). The molecule has 0 aliphatic rings. The van der Waals surface area contributed by atoms with Crippen LogP contribution in [0.3, 0.4) is 0 Å². The number of likely N-dealkylation sites (N-methyl/N-ethyl adjacent to an activating group) is 1. The van der Waals surface area contributed by atoms with Crippen molar-refractivity contribution in [2.24, 2.45) is 0 Å². The largest absolute Gasteiger partial charge is 0.355 e. The highest BCUT2D eigenvalue weighted by atomic mass is 16.2. The van der Waals surface area contributed by atoms with Gasteiger partial charge < -0.3 is 10.6 Å². The molecule has 0 saturated heterocycles. The van der Waals surface area contributed by atoms with Crippen molar-refractivity contribution < 1.29 is 9.59 Å². The lowest BCUT2D eigenvalue weighted by Gasteiger charge is -2.12. The Hall–Kier alpha value is -1.32. The van der Waals surface area contributed by atoms with Crippen molar-refractivity contribution in [1.82, 2.24) is 10.6 Å². The van der Waals surface area contributed by atoms with Crippen molar-refractivity contribution in [2.75, 3.05) is 6.54 Å². The lowest BCUT2D eigenvalue weighted by Crippen LogP contribution is -2.43. The van der Waals surface area contributed by atoms with Gasteiger partial charge in [-0.25, -0.2) is 0 Å². The first kappa shape index (κ1) is 10.7. The summed E-state index contributed by atoms with van der Waals surface area (Å²) in [5.74, 6) is -0.176. The highest BCUT2D eigenvalue weighted by Crippen LogP contribution is 1.91. The monoisotopic (exact) mass is 170 g/mol. The average Bonchev–Trinajstić information content (AvgIpc) is 2.04. The predicted molar refractivity (Wildman–Crippen MR) is 46.5 cm³/mol. The van der Waals surface area contributed by atoms with E-state index in [4.69, 9.17) is 0 Å². The Morgan fingerprint density at radius 2 is 2.33 bits per heavy atom. The molecule has 0 aromatic heterocycles. The van der Waals surface area contributed by atoms with Gasteiger partial charge in [-0.2, -0.15) is 0 Å². The molecular formula is C8H14N2O2. The van der Waals surface area contributed by atoms with E-state index >= 15 is 0 Å². The molecule has 0 heterocycles. The van der Waals surface area contributed by atoms with Crippen molar-refractivity contribution in [3.63, 3.8) is 0 Å². The summed E-state index contributed by atoms with van der Waals surface area (Å²) in [6.07, 6.45) is 2.56. The second kappa shape index (κ2) is 6.39. The highest BCUT2D eigenvalue weighted by Gasteiger charge is 2.13. The van der Waals surface area contributed by atoms with Crippen LogP contribution in [0, 0.1) is 0 Å². The van der Waals surface area contributed by atoms with E-state index in [0.717, 1.165) is 0 Å². The van der Waals surface area contributed by atoms with Gasteiger partial charge in [-0.15, -0.1) is 6.58 Å². The lowest BCUT2D eigenvalue weighted by atomic mass is 10.2. The molecule has 12 heavy (non-hydrogen) atoms. The van der Waals surface area contributed by atoms with E-state index in [9.17, 15) is 9.59 Å². The maximum atomic E-state index is 11.1. The van der Waals surface area contributed by atoms with Crippen LogP contribution >= 0.6 is 0 Å². The van der Waals surface area contributed by atoms with E-state index in [1.165, 1.54) is 0 Å². The van der Waals surface area contributed by atoms with Crippen LogP contribution in [0.4, 0.5) is 0 Å². The number of hydrogen-bond donors (Lipinski definition) is 2. The topological polar surface area (TPSA) is 58.2 Å². The van der Waals surface area contributed by atoms with Crippen molar-refractivity contribution in [1.29, 1.82) is 0 Å². The Labute approximate surface area is 72.0 Å². The molecule has 2 N–H and O–H groups in total. The van der Waals surface area contributed by atoms with Crippen LogP contribution < -0.4 is 10.6 Å². The molecular weight excluding hydrogens is 156 g/mol. The normalized spacial score (nSPS) is 11.4. The zero-order chi connectivity index (χ0) is 9.40. The molecule has 0 spiro atoms. The van der Waals surface area contributed by atoms with Gasteiger partial charge in [0.2, 0.25) is 12.3 Å². The van der Waals surface area contributed by atoms with Gasteiger partial charge in [-0.3, -0.25) is 9.59 Å². The lowest BCUT2D eigenvalue weighted by molar-refractivity contribution is -0.125. The van der Waals surface area contributed by atoms with Crippen LogP contribution in [-0.2, 0) is 9.59 Å². The first-order valence-electron chi connectivity index (χ1n) is 3.84. The van der Waals surface area contributed by atoms with Gasteiger partial charge in [0.05, 0.1) is 0 Å². The third kappa shape index (κ3) is 3.75. The predicted octanol–water partition coefficient (Wildman–Crippen LogP) is -0.187. The number of hydrogen-bond acceptors (Lipinski definition) is 2. The van der Waals surface area contributed by atoms with Crippen LogP contribution in [0.5, 0.6) is 0 Å². The second-order valence-corrected chi connectivity index (χ2v) is 2.26. The number of carbonyl (C=O) groups excluding carboxylic acids is 2. The van der Waals surface area contributed by atoms with Gasteiger partial charge in [-0.05, 0) is 13.3 Å². The van der Waals surface area contributed by atoms with Gasteiger partial charge in [-0.1, -0.05) is 6.08 Å². The van der Waals surface area contributed by atoms with E-state index in [0.29, 0.717) is 19.4 Å². The molecule has 0 aliphatic carbocycles. The van der Waals surface area contributed by atoms with Crippen molar-refractivity contribution in [3.05, 3.63) is 12.7 Å². The van der Waals surface area contributed by atoms with E-state index in [2.05, 4.69) is 17.2 Å². The van der Waals surface area contributed by atoms with Crippen LogP contribution in [0.15, 0.2) is 12.7 Å². The van der Waals surface area contributed by atoms with E-state index in [-0.39, 0.29) is 5.91 Å². The summed E-state index contributed by atoms with van der Waals surface area (Å²) < 4.78 is 0.